The molecule has 0 fully saturated rings. The first kappa shape index (κ1) is 16.9. The van der Waals surface area contributed by atoms with E-state index in [1.165, 1.54) is 16.2 Å². The number of methoxy groups -OCH3 is 2. The van der Waals surface area contributed by atoms with Crippen molar-refractivity contribution < 1.29 is 14.3 Å². The van der Waals surface area contributed by atoms with Crippen molar-refractivity contribution in [3.63, 3.8) is 0 Å². The molecule has 3 aromatic rings. The molecule has 6 nitrogen and oxygen atoms in total. The van der Waals surface area contributed by atoms with Crippen LogP contribution in [0.2, 0.25) is 0 Å². The number of benzene rings is 1. The van der Waals surface area contributed by atoms with Gasteiger partial charge in [0.25, 0.3) is 5.91 Å². The lowest BCUT2D eigenvalue weighted by molar-refractivity contribution is 0.0992. The SMILES string of the molecule is COc1ccc(OC)c(-c2csc(N(C)C(=O)c3cccnc3)n2)c1. The highest BCUT2D eigenvalue weighted by Gasteiger charge is 2.18. The molecule has 0 unspecified atom stereocenters. The first-order valence-electron chi connectivity index (χ1n) is 7.50. The summed E-state index contributed by atoms with van der Waals surface area (Å²) in [7, 11) is 4.91. The Morgan fingerprint density at radius 1 is 1.20 bits per heavy atom. The average molecular weight is 355 g/mol. The number of carbonyl (C=O) groups excluding carboxylic acids is 1. The Morgan fingerprint density at radius 2 is 2.04 bits per heavy atom. The van der Waals surface area contributed by atoms with E-state index in [1.54, 1.807) is 45.8 Å². The van der Waals surface area contributed by atoms with Gasteiger partial charge < -0.3 is 9.47 Å². The molecule has 25 heavy (non-hydrogen) atoms. The van der Waals surface area contributed by atoms with E-state index in [1.807, 2.05) is 23.6 Å². The van der Waals surface area contributed by atoms with Gasteiger partial charge in [-0.2, -0.15) is 0 Å². The number of carbonyl (C=O) groups is 1. The van der Waals surface area contributed by atoms with Gasteiger partial charge in [-0.25, -0.2) is 4.98 Å². The predicted octanol–water partition coefficient (Wildman–Crippen LogP) is 3.50. The van der Waals surface area contributed by atoms with Gasteiger partial charge in [0, 0.05) is 30.4 Å². The van der Waals surface area contributed by atoms with Crippen LogP contribution >= 0.6 is 11.3 Å². The summed E-state index contributed by atoms with van der Waals surface area (Å²) in [5, 5.41) is 2.48. The minimum Gasteiger partial charge on any atom is -0.497 e. The summed E-state index contributed by atoms with van der Waals surface area (Å²) in [6.07, 6.45) is 3.17. The Labute approximate surface area is 149 Å². The summed E-state index contributed by atoms with van der Waals surface area (Å²) < 4.78 is 10.7. The molecule has 0 spiro atoms. The molecular formula is C18H17N3O3S. The van der Waals surface area contributed by atoms with E-state index in [4.69, 9.17) is 9.47 Å². The van der Waals surface area contributed by atoms with E-state index in [-0.39, 0.29) is 5.91 Å². The van der Waals surface area contributed by atoms with Crippen LogP contribution in [-0.2, 0) is 0 Å². The van der Waals surface area contributed by atoms with Gasteiger partial charge in [-0.15, -0.1) is 11.3 Å². The van der Waals surface area contributed by atoms with Gasteiger partial charge in [-0.05, 0) is 30.3 Å². The van der Waals surface area contributed by atoms with Crippen molar-refractivity contribution in [2.45, 2.75) is 0 Å². The van der Waals surface area contributed by atoms with Crippen molar-refractivity contribution in [2.24, 2.45) is 0 Å². The molecule has 0 aliphatic heterocycles. The average Bonchev–Trinajstić information content (AvgIpc) is 3.17. The number of nitrogens with zero attached hydrogens (tertiary/aromatic N) is 3. The van der Waals surface area contributed by atoms with Gasteiger partial charge in [-0.3, -0.25) is 14.7 Å². The summed E-state index contributed by atoms with van der Waals surface area (Å²) in [6, 6.07) is 8.98. The maximum atomic E-state index is 12.5. The molecule has 0 saturated carbocycles. The molecule has 0 radical (unpaired) electrons. The Bertz CT molecular complexity index is 880. The van der Waals surface area contributed by atoms with Crippen molar-refractivity contribution in [1.82, 2.24) is 9.97 Å². The molecule has 7 heteroatoms. The fraction of sp³-hybridized carbons (Fsp3) is 0.167. The predicted molar refractivity (Wildman–Crippen MR) is 97.6 cm³/mol. The fourth-order valence-electron chi connectivity index (χ4n) is 2.33. The van der Waals surface area contributed by atoms with Crippen molar-refractivity contribution >= 4 is 22.4 Å². The van der Waals surface area contributed by atoms with Crippen LogP contribution in [0.25, 0.3) is 11.3 Å². The second-order valence-electron chi connectivity index (χ2n) is 5.19. The van der Waals surface area contributed by atoms with Crippen molar-refractivity contribution in [3.8, 4) is 22.8 Å². The molecule has 0 aliphatic carbocycles. The zero-order valence-corrected chi connectivity index (χ0v) is 14.9. The molecule has 0 N–H and O–H groups in total. The molecule has 0 atom stereocenters. The fourth-order valence-corrected chi connectivity index (χ4v) is 3.11. The lowest BCUT2D eigenvalue weighted by atomic mass is 10.1. The van der Waals surface area contributed by atoms with Crippen molar-refractivity contribution in [3.05, 3.63) is 53.7 Å². The summed E-state index contributed by atoms with van der Waals surface area (Å²) in [5.74, 6) is 1.25. The molecule has 0 aliphatic rings. The molecular weight excluding hydrogens is 338 g/mol. The quantitative estimate of drug-likeness (QED) is 0.701. The number of thiazole rings is 1. The maximum Gasteiger partial charge on any atom is 0.261 e. The molecule has 128 valence electrons. The van der Waals surface area contributed by atoms with Crippen LogP contribution in [0.5, 0.6) is 11.5 Å². The lowest BCUT2D eigenvalue weighted by Crippen LogP contribution is -2.26. The van der Waals surface area contributed by atoms with E-state index < -0.39 is 0 Å². The third kappa shape index (κ3) is 3.46. The van der Waals surface area contributed by atoms with Gasteiger partial charge in [0.15, 0.2) is 5.13 Å². The minimum absolute atomic E-state index is 0.161. The van der Waals surface area contributed by atoms with Crippen LogP contribution in [0.15, 0.2) is 48.1 Å². The van der Waals surface area contributed by atoms with Gasteiger partial charge in [0.2, 0.25) is 0 Å². The maximum absolute atomic E-state index is 12.5. The molecule has 2 heterocycles. The summed E-state index contributed by atoms with van der Waals surface area (Å²) in [4.78, 5) is 22.6. The minimum atomic E-state index is -0.161. The van der Waals surface area contributed by atoms with E-state index in [0.717, 1.165) is 11.3 Å². The number of hydrogen-bond donors (Lipinski definition) is 0. The molecule has 0 bridgehead atoms. The number of pyridine rings is 1. The first-order valence-corrected chi connectivity index (χ1v) is 8.38. The number of amides is 1. The zero-order valence-electron chi connectivity index (χ0n) is 14.1. The number of rotatable bonds is 5. The summed E-state index contributed by atoms with van der Waals surface area (Å²) in [5.41, 5.74) is 2.05. The van der Waals surface area contributed by atoms with Gasteiger partial charge >= 0.3 is 0 Å². The standard InChI is InChI=1S/C18H17N3O3S/c1-21(17(22)12-5-4-8-19-10-12)18-20-15(11-25-18)14-9-13(23-2)6-7-16(14)24-3/h4-11H,1-3H3. The van der Waals surface area contributed by atoms with Crippen LogP contribution in [0.3, 0.4) is 0 Å². The van der Waals surface area contributed by atoms with Gasteiger partial charge in [-0.1, -0.05) is 0 Å². The number of anilines is 1. The van der Waals surface area contributed by atoms with E-state index in [9.17, 15) is 4.79 Å². The lowest BCUT2D eigenvalue weighted by Gasteiger charge is -2.13. The second-order valence-corrected chi connectivity index (χ2v) is 6.02. The Hall–Kier alpha value is -2.93. The Kier molecular flexibility index (Phi) is 4.95. The first-order chi connectivity index (χ1) is 12.1. The van der Waals surface area contributed by atoms with Gasteiger partial charge in [0.1, 0.15) is 11.5 Å². The number of aromatic nitrogens is 2. The van der Waals surface area contributed by atoms with E-state index >= 15 is 0 Å². The zero-order chi connectivity index (χ0) is 17.8. The number of ether oxygens (including phenoxy) is 2. The monoisotopic (exact) mass is 355 g/mol. The highest BCUT2D eigenvalue weighted by molar-refractivity contribution is 7.14. The smallest absolute Gasteiger partial charge is 0.261 e. The molecule has 1 amide bonds. The van der Waals surface area contributed by atoms with Crippen LogP contribution in [0, 0.1) is 0 Å². The highest BCUT2D eigenvalue weighted by Crippen LogP contribution is 2.35. The van der Waals surface area contributed by atoms with Crippen LogP contribution in [0.4, 0.5) is 5.13 Å². The Balaban J connectivity index is 1.91. The van der Waals surface area contributed by atoms with Gasteiger partial charge in [0.05, 0.1) is 25.5 Å². The van der Waals surface area contributed by atoms with Crippen LogP contribution < -0.4 is 14.4 Å². The van der Waals surface area contributed by atoms with Crippen LogP contribution in [-0.4, -0.2) is 37.1 Å². The normalized spacial score (nSPS) is 10.4. The molecule has 0 saturated heterocycles. The molecule has 1 aromatic carbocycles. The summed E-state index contributed by atoms with van der Waals surface area (Å²) >= 11 is 1.39. The van der Waals surface area contributed by atoms with E-state index in [0.29, 0.717) is 22.2 Å². The van der Waals surface area contributed by atoms with Crippen LogP contribution in [0.1, 0.15) is 10.4 Å². The third-order valence-corrected chi connectivity index (χ3v) is 4.59. The van der Waals surface area contributed by atoms with E-state index in [2.05, 4.69) is 9.97 Å². The highest BCUT2D eigenvalue weighted by atomic mass is 32.1. The van der Waals surface area contributed by atoms with Crippen molar-refractivity contribution in [1.29, 1.82) is 0 Å². The van der Waals surface area contributed by atoms with Crippen molar-refractivity contribution in [2.75, 3.05) is 26.2 Å². The molecule has 3 rings (SSSR count). The third-order valence-electron chi connectivity index (χ3n) is 3.67. The second kappa shape index (κ2) is 7.31. The molecule has 2 aromatic heterocycles. The number of hydrogen-bond acceptors (Lipinski definition) is 6. The Morgan fingerprint density at radius 3 is 2.72 bits per heavy atom. The largest absolute Gasteiger partial charge is 0.497 e. The summed E-state index contributed by atoms with van der Waals surface area (Å²) in [6.45, 7) is 0. The topological polar surface area (TPSA) is 64.6 Å².